The zero-order chi connectivity index (χ0) is 14.7. The highest BCUT2D eigenvalue weighted by molar-refractivity contribution is 7.07. The van der Waals surface area contributed by atoms with Gasteiger partial charge in [0.1, 0.15) is 5.75 Å². The van der Waals surface area contributed by atoms with Crippen LogP contribution in [0.1, 0.15) is 17.2 Å². The van der Waals surface area contributed by atoms with Crippen molar-refractivity contribution >= 4 is 22.9 Å². The number of hydrogen-bond acceptors (Lipinski definition) is 5. The minimum absolute atomic E-state index is 0.0669. The Morgan fingerprint density at radius 3 is 3.14 bits per heavy atom. The zero-order valence-electron chi connectivity index (χ0n) is 11.3. The molecule has 0 fully saturated rings. The van der Waals surface area contributed by atoms with E-state index in [9.17, 15) is 9.90 Å². The van der Waals surface area contributed by atoms with Gasteiger partial charge in [0, 0.05) is 13.1 Å². The number of thiophene rings is 1. The van der Waals surface area contributed by atoms with Crippen molar-refractivity contribution in [3.63, 3.8) is 0 Å². The molecule has 0 spiro atoms. The predicted molar refractivity (Wildman–Crippen MR) is 81.6 cm³/mol. The lowest BCUT2D eigenvalue weighted by atomic mass is 10.1. The van der Waals surface area contributed by atoms with E-state index >= 15 is 0 Å². The number of carbonyl (C=O) groups is 1. The van der Waals surface area contributed by atoms with Crippen molar-refractivity contribution in [2.75, 3.05) is 18.5 Å². The van der Waals surface area contributed by atoms with E-state index in [1.54, 1.807) is 11.3 Å². The number of amides is 1. The molecule has 2 aromatic rings. The molecule has 1 atom stereocenters. The minimum atomic E-state index is -0.503. The number of carbonyl (C=O) groups excluding carboxylic acids is 1. The Hall–Kier alpha value is -1.89. The van der Waals surface area contributed by atoms with Crippen molar-refractivity contribution in [2.24, 2.45) is 0 Å². The molecule has 3 N–H and O–H groups in total. The Bertz CT molecular complexity index is 628. The van der Waals surface area contributed by atoms with Gasteiger partial charge < -0.3 is 20.5 Å². The van der Waals surface area contributed by atoms with Crippen LogP contribution in [-0.4, -0.2) is 24.2 Å². The van der Waals surface area contributed by atoms with Gasteiger partial charge in [0.05, 0.1) is 11.8 Å². The largest absolute Gasteiger partial charge is 0.482 e. The van der Waals surface area contributed by atoms with Gasteiger partial charge in [0.2, 0.25) is 0 Å². The summed E-state index contributed by atoms with van der Waals surface area (Å²) < 4.78 is 5.31. The van der Waals surface area contributed by atoms with E-state index in [-0.39, 0.29) is 12.5 Å². The molecule has 0 saturated heterocycles. The summed E-state index contributed by atoms with van der Waals surface area (Å²) in [5.74, 6) is 0.553. The van der Waals surface area contributed by atoms with E-state index in [1.165, 1.54) is 0 Å². The van der Waals surface area contributed by atoms with E-state index in [4.69, 9.17) is 4.74 Å². The van der Waals surface area contributed by atoms with Crippen LogP contribution in [0.2, 0.25) is 0 Å². The highest BCUT2D eigenvalue weighted by atomic mass is 32.1. The van der Waals surface area contributed by atoms with Crippen molar-refractivity contribution in [1.82, 2.24) is 5.32 Å². The number of benzene rings is 1. The number of nitrogens with one attached hydrogen (secondary N) is 2. The van der Waals surface area contributed by atoms with Crippen LogP contribution in [0.25, 0.3) is 0 Å². The van der Waals surface area contributed by atoms with Crippen molar-refractivity contribution in [3.05, 3.63) is 46.2 Å². The zero-order valence-corrected chi connectivity index (χ0v) is 12.2. The van der Waals surface area contributed by atoms with Crippen molar-refractivity contribution in [1.29, 1.82) is 0 Å². The average molecular weight is 304 g/mol. The fraction of sp³-hybridized carbons (Fsp3) is 0.267. The maximum absolute atomic E-state index is 11.3. The highest BCUT2D eigenvalue weighted by Gasteiger charge is 2.15. The average Bonchev–Trinajstić information content (AvgIpc) is 3.01. The van der Waals surface area contributed by atoms with E-state index in [2.05, 4.69) is 10.6 Å². The Balaban J connectivity index is 1.56. The molecule has 5 nitrogen and oxygen atoms in total. The Morgan fingerprint density at radius 2 is 2.33 bits per heavy atom. The fourth-order valence-electron chi connectivity index (χ4n) is 2.18. The lowest BCUT2D eigenvalue weighted by molar-refractivity contribution is -0.118. The van der Waals surface area contributed by atoms with Gasteiger partial charge in [0.15, 0.2) is 6.61 Å². The summed E-state index contributed by atoms with van der Waals surface area (Å²) in [4.78, 5) is 11.3. The molecule has 1 aromatic carbocycles. The topological polar surface area (TPSA) is 70.6 Å². The summed E-state index contributed by atoms with van der Waals surface area (Å²) in [7, 11) is 0. The van der Waals surface area contributed by atoms with Crippen molar-refractivity contribution in [3.8, 4) is 5.75 Å². The number of anilines is 1. The molecule has 0 aliphatic carbocycles. The van der Waals surface area contributed by atoms with Crippen LogP contribution in [0.4, 0.5) is 5.69 Å². The third-order valence-corrected chi connectivity index (χ3v) is 3.97. The van der Waals surface area contributed by atoms with E-state index < -0.39 is 6.10 Å². The number of aliphatic hydroxyl groups is 1. The Morgan fingerprint density at radius 1 is 1.43 bits per heavy atom. The van der Waals surface area contributed by atoms with Crippen LogP contribution >= 0.6 is 11.3 Å². The monoisotopic (exact) mass is 304 g/mol. The van der Waals surface area contributed by atoms with E-state index in [0.717, 1.165) is 11.1 Å². The molecule has 1 aliphatic heterocycles. The van der Waals surface area contributed by atoms with Gasteiger partial charge in [-0.15, -0.1) is 0 Å². The number of fused-ring (bicyclic) bond motifs is 1. The molecule has 0 radical (unpaired) electrons. The molecule has 1 aliphatic rings. The summed E-state index contributed by atoms with van der Waals surface area (Å²) in [6.07, 6.45) is -0.503. The third kappa shape index (κ3) is 3.41. The fourth-order valence-corrected chi connectivity index (χ4v) is 2.88. The van der Waals surface area contributed by atoms with Crippen LogP contribution in [0.15, 0.2) is 35.0 Å². The quantitative estimate of drug-likeness (QED) is 0.789. The molecule has 0 saturated carbocycles. The van der Waals surface area contributed by atoms with Gasteiger partial charge in [-0.25, -0.2) is 0 Å². The number of ether oxygens (including phenoxy) is 1. The summed E-state index contributed by atoms with van der Waals surface area (Å²) >= 11 is 1.57. The number of rotatable bonds is 5. The molecule has 1 unspecified atom stereocenters. The first-order valence-electron chi connectivity index (χ1n) is 6.69. The molecule has 1 amide bonds. The third-order valence-electron chi connectivity index (χ3n) is 3.27. The maximum Gasteiger partial charge on any atom is 0.262 e. The van der Waals surface area contributed by atoms with Gasteiger partial charge in [-0.3, -0.25) is 4.79 Å². The molecular weight excluding hydrogens is 288 g/mol. The second-order valence-electron chi connectivity index (χ2n) is 4.87. The highest BCUT2D eigenvalue weighted by Crippen LogP contribution is 2.28. The SMILES string of the molecule is O=C1COc2ccc(CNCC(O)c3ccsc3)cc2N1. The second-order valence-corrected chi connectivity index (χ2v) is 5.65. The van der Waals surface area contributed by atoms with Gasteiger partial charge in [-0.1, -0.05) is 6.07 Å². The molecular formula is C15H16N2O3S. The van der Waals surface area contributed by atoms with Crippen LogP contribution in [0, 0.1) is 0 Å². The van der Waals surface area contributed by atoms with E-state index in [1.807, 2.05) is 35.0 Å². The number of hydrogen-bond donors (Lipinski definition) is 3. The van der Waals surface area contributed by atoms with Crippen molar-refractivity contribution in [2.45, 2.75) is 12.6 Å². The summed E-state index contributed by atoms with van der Waals surface area (Å²) in [6, 6.07) is 7.60. The van der Waals surface area contributed by atoms with Crippen LogP contribution in [0.3, 0.4) is 0 Å². The molecule has 21 heavy (non-hydrogen) atoms. The lowest BCUT2D eigenvalue weighted by Gasteiger charge is -2.18. The minimum Gasteiger partial charge on any atom is -0.482 e. The van der Waals surface area contributed by atoms with Crippen molar-refractivity contribution < 1.29 is 14.6 Å². The van der Waals surface area contributed by atoms with E-state index in [0.29, 0.717) is 24.5 Å². The molecule has 1 aromatic heterocycles. The second kappa shape index (κ2) is 6.26. The molecule has 3 rings (SSSR count). The standard InChI is InChI=1S/C15H16N2O3S/c18-13(11-3-4-21-9-11)7-16-6-10-1-2-14-12(5-10)17-15(19)8-20-14/h1-5,9,13,16,18H,6-8H2,(H,17,19). The summed E-state index contributed by atoms with van der Waals surface area (Å²) in [5, 5.41) is 19.9. The summed E-state index contributed by atoms with van der Waals surface area (Å²) in [6.45, 7) is 1.17. The molecule has 6 heteroatoms. The Labute approximate surface area is 126 Å². The normalized spacial score (nSPS) is 15.0. The van der Waals surface area contributed by atoms with Gasteiger partial charge in [-0.05, 0) is 40.1 Å². The van der Waals surface area contributed by atoms with Gasteiger partial charge in [-0.2, -0.15) is 11.3 Å². The van der Waals surface area contributed by atoms with Crippen LogP contribution < -0.4 is 15.4 Å². The smallest absolute Gasteiger partial charge is 0.262 e. The molecule has 110 valence electrons. The predicted octanol–water partition coefficient (Wildman–Crippen LogP) is 1.90. The van der Waals surface area contributed by atoms with Gasteiger partial charge in [0.25, 0.3) is 5.91 Å². The molecule has 0 bridgehead atoms. The lowest BCUT2D eigenvalue weighted by Crippen LogP contribution is -2.26. The van der Waals surface area contributed by atoms with Crippen LogP contribution in [0.5, 0.6) is 5.75 Å². The number of aliphatic hydroxyl groups excluding tert-OH is 1. The first-order chi connectivity index (χ1) is 10.2. The Kier molecular flexibility index (Phi) is 4.19. The first kappa shape index (κ1) is 14.1. The van der Waals surface area contributed by atoms with Gasteiger partial charge >= 0.3 is 0 Å². The first-order valence-corrected chi connectivity index (χ1v) is 7.63. The summed E-state index contributed by atoms with van der Waals surface area (Å²) in [5.41, 5.74) is 2.65. The maximum atomic E-state index is 11.3. The van der Waals surface area contributed by atoms with Crippen LogP contribution in [-0.2, 0) is 11.3 Å². The molecule has 2 heterocycles.